The molecule has 12 heteroatoms. The summed E-state index contributed by atoms with van der Waals surface area (Å²) in [6.07, 6.45) is 1.49. The first-order valence-corrected chi connectivity index (χ1v) is 12.9. The molecule has 1 saturated heterocycles. The standard InChI is InChI=1S/C19H19ClN4O4S3/c1-28-14-6-4-13(5-7-14)21-17(25)19-23-22-18(30-19)12-3-2-10-24(11-12)31(26,27)16-9-8-15(20)29-16/h4-9,12H,2-3,10-11H2,1H3,(H,21,25)/t12-/m0/s1. The number of carbonyl (C=O) groups is 1. The van der Waals surface area contributed by atoms with Gasteiger partial charge in [0.25, 0.3) is 15.9 Å². The van der Waals surface area contributed by atoms with Gasteiger partial charge in [-0.15, -0.1) is 21.5 Å². The van der Waals surface area contributed by atoms with Gasteiger partial charge in [-0.25, -0.2) is 8.42 Å². The summed E-state index contributed by atoms with van der Waals surface area (Å²) in [5, 5.41) is 11.9. The zero-order valence-electron chi connectivity index (χ0n) is 16.4. The largest absolute Gasteiger partial charge is 0.497 e. The van der Waals surface area contributed by atoms with Gasteiger partial charge in [-0.1, -0.05) is 22.9 Å². The molecule has 1 fully saturated rings. The van der Waals surface area contributed by atoms with E-state index in [1.807, 2.05) is 0 Å². The van der Waals surface area contributed by atoms with E-state index >= 15 is 0 Å². The third kappa shape index (κ3) is 4.90. The molecule has 4 rings (SSSR count). The van der Waals surface area contributed by atoms with Crippen molar-refractivity contribution >= 4 is 55.9 Å². The molecule has 1 N–H and O–H groups in total. The fraction of sp³-hybridized carbons (Fsp3) is 0.316. The van der Waals surface area contributed by atoms with Crippen molar-refractivity contribution in [3.05, 3.63) is 50.7 Å². The van der Waals surface area contributed by atoms with Crippen molar-refractivity contribution in [1.29, 1.82) is 0 Å². The Morgan fingerprint density at radius 2 is 1.97 bits per heavy atom. The molecule has 1 aromatic carbocycles. The molecule has 0 aliphatic carbocycles. The highest BCUT2D eigenvalue weighted by molar-refractivity contribution is 7.91. The monoisotopic (exact) mass is 498 g/mol. The molecule has 0 saturated carbocycles. The molecular formula is C19H19ClN4O4S3. The molecule has 0 radical (unpaired) electrons. The van der Waals surface area contributed by atoms with E-state index in [9.17, 15) is 13.2 Å². The highest BCUT2D eigenvalue weighted by Gasteiger charge is 2.33. The Hall–Kier alpha value is -2.05. The SMILES string of the molecule is COc1ccc(NC(=O)c2nnc([C@H]3CCCN(S(=O)(=O)c4ccc(Cl)s4)C3)s2)cc1. The zero-order chi connectivity index (χ0) is 22.0. The average molecular weight is 499 g/mol. The maximum absolute atomic E-state index is 12.9. The number of carbonyl (C=O) groups excluding carboxylic acids is 1. The summed E-state index contributed by atoms with van der Waals surface area (Å²) in [6.45, 7) is 0.741. The van der Waals surface area contributed by atoms with E-state index in [1.54, 1.807) is 37.4 Å². The molecule has 3 aromatic rings. The van der Waals surface area contributed by atoms with Gasteiger partial charge in [0.15, 0.2) is 0 Å². The van der Waals surface area contributed by atoms with Crippen LogP contribution in [0.3, 0.4) is 0 Å². The second kappa shape index (κ2) is 9.21. The van der Waals surface area contributed by atoms with Gasteiger partial charge >= 0.3 is 0 Å². The molecule has 1 atom stereocenters. The quantitative estimate of drug-likeness (QED) is 0.549. The van der Waals surface area contributed by atoms with E-state index in [0.717, 1.165) is 17.8 Å². The number of nitrogens with zero attached hydrogens (tertiary/aromatic N) is 3. The number of hydrogen-bond donors (Lipinski definition) is 1. The lowest BCUT2D eigenvalue weighted by Gasteiger charge is -2.30. The van der Waals surface area contributed by atoms with Crippen molar-refractivity contribution in [2.24, 2.45) is 0 Å². The van der Waals surface area contributed by atoms with Crippen LogP contribution >= 0.6 is 34.3 Å². The Morgan fingerprint density at radius 3 is 2.65 bits per heavy atom. The first kappa shape index (κ1) is 22.2. The molecule has 1 aliphatic rings. The molecule has 31 heavy (non-hydrogen) atoms. The number of methoxy groups -OCH3 is 1. The second-order valence-electron chi connectivity index (χ2n) is 6.89. The van der Waals surface area contributed by atoms with Crippen LogP contribution in [0.25, 0.3) is 0 Å². The summed E-state index contributed by atoms with van der Waals surface area (Å²) in [6, 6.07) is 10.1. The van der Waals surface area contributed by atoms with E-state index in [4.69, 9.17) is 16.3 Å². The molecule has 1 amide bonds. The Bertz CT molecular complexity index is 1180. The van der Waals surface area contributed by atoms with E-state index < -0.39 is 10.0 Å². The second-order valence-corrected chi connectivity index (χ2v) is 11.8. The number of anilines is 1. The summed E-state index contributed by atoms with van der Waals surface area (Å²) in [7, 11) is -2.03. The van der Waals surface area contributed by atoms with Crippen LogP contribution in [0.1, 0.15) is 33.6 Å². The maximum Gasteiger partial charge on any atom is 0.286 e. The first-order chi connectivity index (χ1) is 14.9. The van der Waals surface area contributed by atoms with Gasteiger partial charge in [0.1, 0.15) is 15.0 Å². The van der Waals surface area contributed by atoms with Crippen LogP contribution in [0.4, 0.5) is 5.69 Å². The normalized spacial score (nSPS) is 17.4. The van der Waals surface area contributed by atoms with Crippen molar-refractivity contribution < 1.29 is 17.9 Å². The molecule has 8 nitrogen and oxygen atoms in total. The summed E-state index contributed by atoms with van der Waals surface area (Å²) in [5.41, 5.74) is 0.618. The van der Waals surface area contributed by atoms with Gasteiger partial charge < -0.3 is 10.1 Å². The molecule has 2 aromatic heterocycles. The fourth-order valence-electron chi connectivity index (χ4n) is 3.28. The zero-order valence-corrected chi connectivity index (χ0v) is 19.7. The van der Waals surface area contributed by atoms with Crippen molar-refractivity contribution in [3.8, 4) is 5.75 Å². The van der Waals surface area contributed by atoms with Gasteiger partial charge in [0.2, 0.25) is 5.01 Å². The van der Waals surface area contributed by atoms with Crippen molar-refractivity contribution in [3.63, 3.8) is 0 Å². The van der Waals surface area contributed by atoms with Gasteiger partial charge in [-0.3, -0.25) is 4.79 Å². The van der Waals surface area contributed by atoms with Gasteiger partial charge in [0.05, 0.1) is 11.4 Å². The summed E-state index contributed by atoms with van der Waals surface area (Å²) in [4.78, 5) is 12.5. The Kier molecular flexibility index (Phi) is 6.58. The molecule has 0 spiro atoms. The number of halogens is 1. The number of rotatable bonds is 6. The predicted octanol–water partition coefficient (Wildman–Crippen LogP) is 4.08. The van der Waals surface area contributed by atoms with Crippen LogP contribution in [0.5, 0.6) is 5.75 Å². The van der Waals surface area contributed by atoms with E-state index in [1.165, 1.54) is 21.7 Å². The van der Waals surface area contributed by atoms with Crippen molar-refractivity contribution in [1.82, 2.24) is 14.5 Å². The minimum atomic E-state index is -3.60. The van der Waals surface area contributed by atoms with E-state index in [-0.39, 0.29) is 21.0 Å². The number of benzene rings is 1. The third-order valence-electron chi connectivity index (χ3n) is 4.86. The lowest BCUT2D eigenvalue weighted by atomic mass is 10.0. The Labute approximate surface area is 192 Å². The van der Waals surface area contributed by atoms with Crippen LogP contribution in [0.2, 0.25) is 4.34 Å². The first-order valence-electron chi connectivity index (χ1n) is 9.41. The third-order valence-corrected chi connectivity index (χ3v) is 9.51. The average Bonchev–Trinajstić information content (AvgIpc) is 3.44. The molecule has 0 unspecified atom stereocenters. The van der Waals surface area contributed by atoms with E-state index in [2.05, 4.69) is 15.5 Å². The number of ether oxygens (including phenoxy) is 1. The van der Waals surface area contributed by atoms with Crippen LogP contribution in [-0.2, 0) is 10.0 Å². The summed E-state index contributed by atoms with van der Waals surface area (Å²) >= 11 is 8.14. The molecule has 164 valence electrons. The maximum atomic E-state index is 12.9. The Morgan fingerprint density at radius 1 is 1.19 bits per heavy atom. The van der Waals surface area contributed by atoms with Crippen molar-refractivity contribution in [2.45, 2.75) is 23.0 Å². The lowest BCUT2D eigenvalue weighted by Crippen LogP contribution is -2.38. The fourth-order valence-corrected chi connectivity index (χ4v) is 7.30. The minimum absolute atomic E-state index is 0.112. The topological polar surface area (TPSA) is 101 Å². The molecular weight excluding hydrogens is 480 g/mol. The van der Waals surface area contributed by atoms with Gasteiger partial charge in [0, 0.05) is 24.7 Å². The predicted molar refractivity (Wildman–Crippen MR) is 121 cm³/mol. The minimum Gasteiger partial charge on any atom is -0.497 e. The lowest BCUT2D eigenvalue weighted by molar-refractivity contribution is 0.102. The Balaban J connectivity index is 1.45. The number of nitrogens with one attached hydrogen (secondary N) is 1. The molecule has 3 heterocycles. The number of hydrogen-bond acceptors (Lipinski definition) is 8. The highest BCUT2D eigenvalue weighted by Crippen LogP contribution is 2.34. The number of piperidine rings is 1. The molecule has 1 aliphatic heterocycles. The van der Waals surface area contributed by atoms with Crippen LogP contribution in [-0.4, -0.2) is 49.0 Å². The number of amides is 1. The van der Waals surface area contributed by atoms with E-state index in [0.29, 0.717) is 40.3 Å². The summed E-state index contributed by atoms with van der Waals surface area (Å²) < 4.78 is 33.1. The van der Waals surface area contributed by atoms with Crippen LogP contribution < -0.4 is 10.1 Å². The smallest absolute Gasteiger partial charge is 0.286 e. The molecule has 0 bridgehead atoms. The van der Waals surface area contributed by atoms with Crippen molar-refractivity contribution in [2.75, 3.05) is 25.5 Å². The van der Waals surface area contributed by atoms with Crippen LogP contribution in [0.15, 0.2) is 40.6 Å². The number of thiophene rings is 1. The number of sulfonamides is 1. The van der Waals surface area contributed by atoms with Gasteiger partial charge in [-0.05, 0) is 49.2 Å². The highest BCUT2D eigenvalue weighted by atomic mass is 35.5. The van der Waals surface area contributed by atoms with Gasteiger partial charge in [-0.2, -0.15) is 4.31 Å². The van der Waals surface area contributed by atoms with Crippen LogP contribution in [0, 0.1) is 0 Å². The number of aromatic nitrogens is 2. The summed E-state index contributed by atoms with van der Waals surface area (Å²) in [5.74, 6) is 0.222.